The van der Waals surface area contributed by atoms with E-state index >= 15 is 0 Å². The van der Waals surface area contributed by atoms with Crippen molar-refractivity contribution in [1.82, 2.24) is 29.3 Å². The van der Waals surface area contributed by atoms with E-state index in [2.05, 4.69) is 25.4 Å². The molecule has 1 atom stereocenters. The molecule has 1 aliphatic rings. The van der Waals surface area contributed by atoms with Gasteiger partial charge >= 0.3 is 6.18 Å². The van der Waals surface area contributed by atoms with Crippen molar-refractivity contribution in [1.29, 1.82) is 0 Å². The summed E-state index contributed by atoms with van der Waals surface area (Å²) < 4.78 is 68.4. The van der Waals surface area contributed by atoms with E-state index in [1.807, 2.05) is 18.9 Å². The quantitative estimate of drug-likeness (QED) is 0.395. The van der Waals surface area contributed by atoms with Crippen LogP contribution in [0, 0.1) is 0 Å². The average molecular weight is 492 g/mol. The number of pyridine rings is 1. The Labute approximate surface area is 196 Å². The van der Waals surface area contributed by atoms with Crippen LogP contribution in [-0.4, -0.2) is 42.9 Å². The highest BCUT2D eigenvalue weighted by Crippen LogP contribution is 2.38. The molecule has 5 rings (SSSR count). The van der Waals surface area contributed by atoms with Gasteiger partial charge in [-0.05, 0) is 24.6 Å². The minimum Gasteiger partial charge on any atom is -0.356 e. The number of hydrogen-bond donors (Lipinski definition) is 1. The number of likely N-dealkylation sites (N-methyl/N-ethyl adjacent to an activating group) is 1. The second-order valence-electron chi connectivity index (χ2n) is 8.52. The molecule has 8 nitrogen and oxygen atoms in total. The second kappa shape index (κ2) is 8.47. The van der Waals surface area contributed by atoms with Crippen LogP contribution in [0.5, 0.6) is 0 Å². The summed E-state index contributed by atoms with van der Waals surface area (Å²) in [5.41, 5.74) is 1.37. The van der Waals surface area contributed by atoms with E-state index in [4.69, 9.17) is 0 Å². The number of nitrogens with one attached hydrogen (secondary N) is 1. The fraction of sp³-hybridized carbons (Fsp3) is 0.364. The van der Waals surface area contributed by atoms with Crippen LogP contribution in [0.15, 0.2) is 36.8 Å². The lowest BCUT2D eigenvalue weighted by atomic mass is 10.2. The van der Waals surface area contributed by atoms with Gasteiger partial charge in [-0.15, -0.1) is 0 Å². The van der Waals surface area contributed by atoms with E-state index in [1.54, 1.807) is 21.6 Å². The van der Waals surface area contributed by atoms with Crippen LogP contribution in [0.2, 0.25) is 0 Å². The van der Waals surface area contributed by atoms with Crippen molar-refractivity contribution in [2.75, 3.05) is 23.8 Å². The lowest BCUT2D eigenvalue weighted by molar-refractivity contribution is -0.141. The van der Waals surface area contributed by atoms with Crippen molar-refractivity contribution >= 4 is 22.8 Å². The monoisotopic (exact) mass is 492 g/mol. The molecule has 0 saturated carbocycles. The zero-order valence-corrected chi connectivity index (χ0v) is 18.8. The third kappa shape index (κ3) is 4.37. The van der Waals surface area contributed by atoms with Crippen LogP contribution in [0.4, 0.5) is 33.7 Å². The molecule has 0 saturated heterocycles. The molecule has 0 unspecified atom stereocenters. The maximum absolute atomic E-state index is 13.6. The SMILES string of the molecule is C[C@H]1CN(C)c2nc(NCc3cnn(Cc4ccc(C(F)(F)F)nc4)c3)nc3cc(C(F)F)n1c23. The third-order valence-electron chi connectivity index (χ3n) is 5.86. The molecule has 1 N–H and O–H groups in total. The van der Waals surface area contributed by atoms with Crippen molar-refractivity contribution in [3.8, 4) is 0 Å². The van der Waals surface area contributed by atoms with E-state index in [9.17, 15) is 22.0 Å². The molecular weight excluding hydrogens is 471 g/mol. The summed E-state index contributed by atoms with van der Waals surface area (Å²) in [6.07, 6.45) is -2.57. The molecule has 0 fully saturated rings. The summed E-state index contributed by atoms with van der Waals surface area (Å²) >= 11 is 0. The second-order valence-corrected chi connectivity index (χ2v) is 8.52. The van der Waals surface area contributed by atoms with E-state index in [0.717, 1.165) is 11.6 Å². The molecule has 0 radical (unpaired) electrons. The summed E-state index contributed by atoms with van der Waals surface area (Å²) in [7, 11) is 1.86. The number of nitrogens with zero attached hydrogens (tertiary/aromatic N) is 7. The molecule has 184 valence electrons. The van der Waals surface area contributed by atoms with Gasteiger partial charge < -0.3 is 14.8 Å². The molecule has 0 spiro atoms. The highest BCUT2D eigenvalue weighted by atomic mass is 19.4. The van der Waals surface area contributed by atoms with Crippen LogP contribution < -0.4 is 10.2 Å². The Bertz CT molecular complexity index is 1360. The number of hydrogen-bond acceptors (Lipinski definition) is 6. The van der Waals surface area contributed by atoms with E-state index in [0.29, 0.717) is 41.5 Å². The first-order chi connectivity index (χ1) is 16.6. The Morgan fingerprint density at radius 2 is 1.94 bits per heavy atom. The Hall–Kier alpha value is -3.77. The lowest BCUT2D eigenvalue weighted by Crippen LogP contribution is -2.32. The molecule has 13 heteroatoms. The highest BCUT2D eigenvalue weighted by molar-refractivity contribution is 5.90. The average Bonchev–Trinajstić information content (AvgIpc) is 3.40. The fourth-order valence-electron chi connectivity index (χ4n) is 4.32. The minimum atomic E-state index is -4.48. The molecule has 5 heterocycles. The lowest BCUT2D eigenvalue weighted by Gasteiger charge is -2.31. The molecule has 4 aromatic heterocycles. The number of rotatable bonds is 6. The van der Waals surface area contributed by atoms with Crippen LogP contribution >= 0.6 is 0 Å². The Morgan fingerprint density at radius 3 is 2.63 bits per heavy atom. The van der Waals surface area contributed by atoms with E-state index in [1.165, 1.54) is 18.3 Å². The maximum Gasteiger partial charge on any atom is 0.433 e. The topological polar surface area (TPSA) is 76.7 Å². The summed E-state index contributed by atoms with van der Waals surface area (Å²) in [6.45, 7) is 3.00. The van der Waals surface area contributed by atoms with Gasteiger partial charge in [-0.3, -0.25) is 9.67 Å². The number of aromatic nitrogens is 6. The normalized spacial score (nSPS) is 15.9. The van der Waals surface area contributed by atoms with Gasteiger partial charge in [0.25, 0.3) is 6.43 Å². The molecule has 1 aliphatic heterocycles. The first-order valence-corrected chi connectivity index (χ1v) is 10.8. The molecule has 4 aromatic rings. The third-order valence-corrected chi connectivity index (χ3v) is 5.86. The van der Waals surface area contributed by atoms with Crippen molar-refractivity contribution in [2.24, 2.45) is 0 Å². The van der Waals surface area contributed by atoms with E-state index in [-0.39, 0.29) is 18.3 Å². The maximum atomic E-state index is 13.6. The van der Waals surface area contributed by atoms with Gasteiger partial charge in [0.2, 0.25) is 5.95 Å². The van der Waals surface area contributed by atoms with Gasteiger partial charge in [-0.1, -0.05) is 6.07 Å². The van der Waals surface area contributed by atoms with Crippen LogP contribution in [0.1, 0.15) is 41.9 Å². The van der Waals surface area contributed by atoms with Gasteiger partial charge in [-0.2, -0.15) is 23.3 Å². The molecule has 35 heavy (non-hydrogen) atoms. The van der Waals surface area contributed by atoms with Gasteiger partial charge in [0, 0.05) is 44.1 Å². The van der Waals surface area contributed by atoms with Gasteiger partial charge in [-0.25, -0.2) is 13.8 Å². The fourth-order valence-corrected chi connectivity index (χ4v) is 4.32. The highest BCUT2D eigenvalue weighted by Gasteiger charge is 2.32. The van der Waals surface area contributed by atoms with Crippen molar-refractivity contribution in [3.05, 3.63) is 59.3 Å². The zero-order valence-electron chi connectivity index (χ0n) is 18.8. The molecule has 0 bridgehead atoms. The number of halogens is 5. The summed E-state index contributed by atoms with van der Waals surface area (Å²) in [5.74, 6) is 0.875. The van der Waals surface area contributed by atoms with Crippen molar-refractivity contribution in [3.63, 3.8) is 0 Å². The summed E-state index contributed by atoms with van der Waals surface area (Å²) in [6, 6.07) is 3.57. The number of alkyl halides is 5. The van der Waals surface area contributed by atoms with Gasteiger partial charge in [0.05, 0.1) is 24.0 Å². The predicted octanol–water partition coefficient (Wildman–Crippen LogP) is 4.65. The van der Waals surface area contributed by atoms with Gasteiger partial charge in [0.15, 0.2) is 5.82 Å². The molecule has 0 aliphatic carbocycles. The minimum absolute atomic E-state index is 0.0765. The molecular formula is C22H21F5N8. The Morgan fingerprint density at radius 1 is 1.14 bits per heavy atom. The Kier molecular flexibility index (Phi) is 5.56. The zero-order chi connectivity index (χ0) is 24.9. The van der Waals surface area contributed by atoms with Crippen LogP contribution in [0.25, 0.3) is 11.0 Å². The van der Waals surface area contributed by atoms with Crippen molar-refractivity contribution < 1.29 is 22.0 Å². The smallest absolute Gasteiger partial charge is 0.356 e. The van der Waals surface area contributed by atoms with Crippen molar-refractivity contribution in [2.45, 2.75) is 38.7 Å². The summed E-state index contributed by atoms with van der Waals surface area (Å²) in [4.78, 5) is 14.4. The van der Waals surface area contributed by atoms with Crippen LogP contribution in [0.3, 0.4) is 0 Å². The molecule has 0 amide bonds. The molecule has 0 aromatic carbocycles. The summed E-state index contributed by atoms with van der Waals surface area (Å²) in [5, 5.41) is 7.34. The standard InChI is InChI=1S/C22H21F5N8/c1-12-9-33(2)20-18-15(5-16(19(23)24)35(12)18)31-21(32-20)29-7-14-8-30-34(11-14)10-13-3-4-17(28-6-13)22(25,26)27/h3-6,8,11-12,19H,7,9-10H2,1-2H3,(H,29,31,32)/t12-/m0/s1. The first-order valence-electron chi connectivity index (χ1n) is 10.8. The van der Waals surface area contributed by atoms with Crippen LogP contribution in [-0.2, 0) is 19.3 Å². The first kappa shape index (κ1) is 23.0. The number of anilines is 2. The van der Waals surface area contributed by atoms with E-state index < -0.39 is 18.3 Å². The predicted molar refractivity (Wildman–Crippen MR) is 118 cm³/mol. The Balaban J connectivity index is 1.32. The largest absolute Gasteiger partial charge is 0.433 e. The van der Waals surface area contributed by atoms with Gasteiger partial charge in [0.1, 0.15) is 11.2 Å².